The number of alkyl halides is 6. The number of halogens is 7. The first-order valence-corrected chi connectivity index (χ1v) is 9.74. The molecule has 0 spiro atoms. The molecule has 0 aliphatic carbocycles. The quantitative estimate of drug-likeness (QED) is 0.477. The predicted molar refractivity (Wildman–Crippen MR) is 95.6 cm³/mol. The Morgan fingerprint density at radius 2 is 1.50 bits per heavy atom. The lowest BCUT2D eigenvalue weighted by Crippen LogP contribution is -2.15. The lowest BCUT2D eigenvalue weighted by molar-refractivity contribution is -0.143. The van der Waals surface area contributed by atoms with Crippen LogP contribution in [-0.2, 0) is 28.7 Å². The number of nitriles is 1. The number of nitrogens with one attached hydrogen (secondary N) is 1. The van der Waals surface area contributed by atoms with Crippen LogP contribution in [0.3, 0.4) is 0 Å². The van der Waals surface area contributed by atoms with E-state index in [-0.39, 0.29) is 16.0 Å². The van der Waals surface area contributed by atoms with Gasteiger partial charge in [-0.25, -0.2) is 8.42 Å². The van der Waals surface area contributed by atoms with E-state index in [1.165, 1.54) is 18.2 Å². The molecule has 0 fully saturated rings. The van der Waals surface area contributed by atoms with Gasteiger partial charge in [0, 0.05) is 17.8 Å². The molecule has 0 aliphatic rings. The van der Waals surface area contributed by atoms with Gasteiger partial charge in [-0.1, -0.05) is 11.6 Å². The van der Waals surface area contributed by atoms with Crippen LogP contribution >= 0.6 is 11.6 Å². The number of rotatable bonds is 5. The molecule has 0 bridgehead atoms. The summed E-state index contributed by atoms with van der Waals surface area (Å²) in [6.07, 6.45) is -9.32. The van der Waals surface area contributed by atoms with E-state index in [1.807, 2.05) is 0 Å². The van der Waals surface area contributed by atoms with E-state index in [0.29, 0.717) is 18.3 Å². The van der Waals surface area contributed by atoms with Crippen molar-refractivity contribution in [2.45, 2.75) is 23.8 Å². The standard InChI is InChI=1S/C18H11ClF6N2O2S/c19-14-1-3-15(4-2-14)30(28,29)16(8-26)10-27-9-11-5-12(17(20,21)22)7-13(6-11)18(23,24)25/h1-7,10,27H,9H2. The van der Waals surface area contributed by atoms with Crippen LogP contribution in [0.25, 0.3) is 0 Å². The van der Waals surface area contributed by atoms with Gasteiger partial charge >= 0.3 is 12.4 Å². The van der Waals surface area contributed by atoms with Gasteiger partial charge in [-0.2, -0.15) is 31.6 Å². The van der Waals surface area contributed by atoms with Crippen LogP contribution < -0.4 is 5.32 Å². The molecule has 2 aromatic carbocycles. The number of benzene rings is 2. The molecule has 0 saturated heterocycles. The predicted octanol–water partition coefficient (Wildman–Crippen LogP) is 5.31. The summed E-state index contributed by atoms with van der Waals surface area (Å²) in [7, 11) is -4.27. The van der Waals surface area contributed by atoms with Crippen LogP contribution in [-0.4, -0.2) is 8.42 Å². The minimum atomic E-state index is -5.01. The summed E-state index contributed by atoms with van der Waals surface area (Å²) in [6.45, 7) is -0.589. The van der Waals surface area contributed by atoms with E-state index in [4.69, 9.17) is 16.9 Å². The molecule has 0 radical (unpaired) electrons. The van der Waals surface area contributed by atoms with Crippen molar-refractivity contribution in [1.29, 1.82) is 5.26 Å². The van der Waals surface area contributed by atoms with E-state index in [0.717, 1.165) is 12.1 Å². The Bertz CT molecular complexity index is 1070. The number of hydrogen-bond donors (Lipinski definition) is 1. The maximum atomic E-state index is 12.9. The normalized spacial score (nSPS) is 13.1. The molecule has 0 saturated carbocycles. The highest BCUT2D eigenvalue weighted by Crippen LogP contribution is 2.36. The average molecular weight is 469 g/mol. The van der Waals surface area contributed by atoms with Crippen molar-refractivity contribution >= 4 is 21.4 Å². The summed E-state index contributed by atoms with van der Waals surface area (Å²) in [5.74, 6) is 0. The largest absolute Gasteiger partial charge is 0.416 e. The van der Waals surface area contributed by atoms with Crippen LogP contribution in [0.5, 0.6) is 0 Å². The Morgan fingerprint density at radius 1 is 1.00 bits per heavy atom. The summed E-state index contributed by atoms with van der Waals surface area (Å²) < 4.78 is 102. The fraction of sp³-hybridized carbons (Fsp3) is 0.167. The van der Waals surface area contributed by atoms with Gasteiger partial charge in [0.2, 0.25) is 9.84 Å². The van der Waals surface area contributed by atoms with Crippen LogP contribution in [0, 0.1) is 11.3 Å². The van der Waals surface area contributed by atoms with Crippen molar-refractivity contribution in [1.82, 2.24) is 5.32 Å². The van der Waals surface area contributed by atoms with Crippen LogP contribution in [0.2, 0.25) is 5.02 Å². The summed E-state index contributed by atoms with van der Waals surface area (Å²) >= 11 is 5.67. The van der Waals surface area contributed by atoms with Crippen molar-refractivity contribution < 1.29 is 34.8 Å². The molecule has 160 valence electrons. The summed E-state index contributed by atoms with van der Waals surface area (Å²) in [5.41, 5.74) is -3.42. The summed E-state index contributed by atoms with van der Waals surface area (Å²) in [4.78, 5) is -1.05. The second-order valence-electron chi connectivity index (χ2n) is 5.87. The van der Waals surface area contributed by atoms with Gasteiger partial charge in [0.15, 0.2) is 4.91 Å². The lowest BCUT2D eigenvalue weighted by atomic mass is 10.0. The first-order valence-electron chi connectivity index (χ1n) is 7.88. The summed E-state index contributed by atoms with van der Waals surface area (Å²) in [5, 5.41) is 11.6. The SMILES string of the molecule is N#CC(=CNCc1cc(C(F)(F)F)cc(C(F)(F)F)c1)S(=O)(=O)c1ccc(Cl)cc1. The third kappa shape index (κ3) is 5.67. The Morgan fingerprint density at radius 3 is 1.93 bits per heavy atom. The molecule has 0 amide bonds. The third-order valence-electron chi connectivity index (χ3n) is 3.71. The molecule has 12 heteroatoms. The fourth-order valence-corrected chi connectivity index (χ4v) is 3.53. The maximum absolute atomic E-state index is 12.9. The Kier molecular flexibility index (Phi) is 6.73. The minimum Gasteiger partial charge on any atom is -0.385 e. The molecular formula is C18H11ClF6N2O2S. The third-order valence-corrected chi connectivity index (χ3v) is 5.64. The molecule has 0 unspecified atom stereocenters. The zero-order chi connectivity index (χ0) is 22.7. The molecule has 0 heterocycles. The van der Waals surface area contributed by atoms with Gasteiger partial charge in [-0.15, -0.1) is 0 Å². The smallest absolute Gasteiger partial charge is 0.385 e. The van der Waals surface area contributed by atoms with E-state index in [9.17, 15) is 34.8 Å². The average Bonchev–Trinajstić information content (AvgIpc) is 2.63. The highest BCUT2D eigenvalue weighted by molar-refractivity contribution is 7.95. The maximum Gasteiger partial charge on any atom is 0.416 e. The highest BCUT2D eigenvalue weighted by atomic mass is 35.5. The van der Waals surface area contributed by atoms with E-state index >= 15 is 0 Å². The molecule has 0 atom stereocenters. The molecular weight excluding hydrogens is 458 g/mol. The minimum absolute atomic E-state index is 0.0228. The Labute approximate surface area is 172 Å². The van der Waals surface area contributed by atoms with Crippen molar-refractivity contribution in [3.05, 3.63) is 75.3 Å². The van der Waals surface area contributed by atoms with E-state index in [2.05, 4.69) is 5.32 Å². The van der Waals surface area contributed by atoms with Crippen LogP contribution in [0.4, 0.5) is 26.3 Å². The highest BCUT2D eigenvalue weighted by Gasteiger charge is 2.36. The van der Waals surface area contributed by atoms with Gasteiger partial charge < -0.3 is 5.32 Å². The van der Waals surface area contributed by atoms with Crippen molar-refractivity contribution in [3.63, 3.8) is 0 Å². The first-order chi connectivity index (χ1) is 13.7. The van der Waals surface area contributed by atoms with Crippen molar-refractivity contribution in [2.24, 2.45) is 0 Å². The first kappa shape index (κ1) is 23.6. The lowest BCUT2D eigenvalue weighted by Gasteiger charge is -2.14. The van der Waals surface area contributed by atoms with Gasteiger partial charge in [0.1, 0.15) is 6.07 Å². The number of hydrogen-bond acceptors (Lipinski definition) is 4. The van der Waals surface area contributed by atoms with Crippen LogP contribution in [0.1, 0.15) is 16.7 Å². The summed E-state index contributed by atoms with van der Waals surface area (Å²) in [6, 6.07) is 7.24. The topological polar surface area (TPSA) is 70.0 Å². The number of nitrogens with zero attached hydrogens (tertiary/aromatic N) is 1. The molecule has 2 aromatic rings. The molecule has 1 N–H and O–H groups in total. The second-order valence-corrected chi connectivity index (χ2v) is 8.23. The van der Waals surface area contributed by atoms with E-state index < -0.39 is 50.3 Å². The van der Waals surface area contributed by atoms with Gasteiger partial charge in [-0.05, 0) is 48.0 Å². The molecule has 0 aliphatic heterocycles. The van der Waals surface area contributed by atoms with Gasteiger partial charge in [0.05, 0.1) is 16.0 Å². The van der Waals surface area contributed by atoms with Gasteiger partial charge in [0.25, 0.3) is 0 Å². The zero-order valence-electron chi connectivity index (χ0n) is 14.6. The monoisotopic (exact) mass is 468 g/mol. The molecule has 4 nitrogen and oxygen atoms in total. The molecule has 2 rings (SSSR count). The Hall–Kier alpha value is -2.71. The zero-order valence-corrected chi connectivity index (χ0v) is 16.2. The van der Waals surface area contributed by atoms with Crippen LogP contribution in [0.15, 0.2) is 58.5 Å². The number of allylic oxidation sites excluding steroid dienone is 1. The fourth-order valence-electron chi connectivity index (χ4n) is 2.29. The molecule has 30 heavy (non-hydrogen) atoms. The molecule has 0 aromatic heterocycles. The number of sulfone groups is 1. The van der Waals surface area contributed by atoms with Crippen molar-refractivity contribution in [2.75, 3.05) is 0 Å². The van der Waals surface area contributed by atoms with Gasteiger partial charge in [-0.3, -0.25) is 0 Å². The van der Waals surface area contributed by atoms with Crippen molar-refractivity contribution in [3.8, 4) is 6.07 Å². The second kappa shape index (κ2) is 8.57. The van der Waals surface area contributed by atoms with E-state index in [1.54, 1.807) is 0 Å². The Balaban J connectivity index is 2.32.